The van der Waals surface area contributed by atoms with Gasteiger partial charge in [-0.05, 0) is 29.8 Å². The third kappa shape index (κ3) is 4.92. The number of aliphatic hydroxyl groups excluding tert-OH is 1. The van der Waals surface area contributed by atoms with Gasteiger partial charge in [-0.3, -0.25) is 4.79 Å². The fourth-order valence-corrected chi connectivity index (χ4v) is 2.86. The van der Waals surface area contributed by atoms with Crippen LogP contribution in [-0.2, 0) is 17.6 Å². The summed E-state index contributed by atoms with van der Waals surface area (Å²) >= 11 is 0. The van der Waals surface area contributed by atoms with Gasteiger partial charge in [-0.1, -0.05) is 12.1 Å². The number of hydrogen-bond acceptors (Lipinski definition) is 5. The summed E-state index contributed by atoms with van der Waals surface area (Å²) in [7, 11) is 0. The van der Waals surface area contributed by atoms with Gasteiger partial charge >= 0.3 is 6.18 Å². The number of aliphatic hydroxyl groups is 1. The highest BCUT2D eigenvalue weighted by molar-refractivity contribution is 5.78. The van der Waals surface area contributed by atoms with Crippen molar-refractivity contribution in [3.63, 3.8) is 0 Å². The van der Waals surface area contributed by atoms with E-state index in [2.05, 4.69) is 4.98 Å². The third-order valence-electron chi connectivity index (χ3n) is 4.30. The molecule has 0 radical (unpaired) electrons. The first kappa shape index (κ1) is 19.9. The van der Waals surface area contributed by atoms with Crippen molar-refractivity contribution in [2.75, 3.05) is 19.7 Å². The van der Waals surface area contributed by atoms with Crippen LogP contribution in [0.2, 0.25) is 0 Å². The highest BCUT2D eigenvalue weighted by atomic mass is 19.4. The number of aromatic nitrogens is 1. The van der Waals surface area contributed by atoms with E-state index in [9.17, 15) is 18.0 Å². The van der Waals surface area contributed by atoms with E-state index >= 15 is 0 Å². The van der Waals surface area contributed by atoms with E-state index in [0.29, 0.717) is 18.7 Å². The molecule has 28 heavy (non-hydrogen) atoms. The van der Waals surface area contributed by atoms with Crippen molar-refractivity contribution in [3.8, 4) is 11.5 Å². The Morgan fingerprint density at radius 3 is 2.68 bits per heavy atom. The Morgan fingerprint density at radius 2 is 2.00 bits per heavy atom. The highest BCUT2D eigenvalue weighted by Gasteiger charge is 2.37. The van der Waals surface area contributed by atoms with E-state index in [1.54, 1.807) is 24.3 Å². The summed E-state index contributed by atoms with van der Waals surface area (Å²) in [5.74, 6) is -0.128. The molecule has 9 heteroatoms. The largest absolute Gasteiger partial charge is 0.486 e. The molecule has 150 valence electrons. The van der Waals surface area contributed by atoms with Crippen LogP contribution < -0.4 is 9.47 Å². The van der Waals surface area contributed by atoms with Gasteiger partial charge in [-0.15, -0.1) is 0 Å². The Kier molecular flexibility index (Phi) is 6.03. The Morgan fingerprint density at radius 1 is 1.25 bits per heavy atom. The number of rotatable bonds is 6. The fourth-order valence-electron chi connectivity index (χ4n) is 2.86. The zero-order valence-corrected chi connectivity index (χ0v) is 14.9. The zero-order valence-electron chi connectivity index (χ0n) is 14.9. The normalized spacial score (nSPS) is 16.9. The van der Waals surface area contributed by atoms with E-state index in [-0.39, 0.29) is 31.4 Å². The standard InChI is InChI=1S/C19H19F3N2O4/c20-19(21,22)18-16(2-1-8-23-18)28-15-7-9-24(10-15)17(26)12-27-14-5-3-13(11-25)4-6-14/h1-6,8,15,25H,7,9-12H2/t15-/m0/s1. The average Bonchev–Trinajstić information content (AvgIpc) is 3.14. The van der Waals surface area contributed by atoms with Crippen LogP contribution in [0.3, 0.4) is 0 Å². The Labute approximate surface area is 159 Å². The molecule has 6 nitrogen and oxygen atoms in total. The molecule has 1 amide bonds. The van der Waals surface area contributed by atoms with Crippen molar-refractivity contribution in [3.05, 3.63) is 53.9 Å². The van der Waals surface area contributed by atoms with E-state index in [1.165, 1.54) is 17.0 Å². The van der Waals surface area contributed by atoms with Crippen LogP contribution in [0.15, 0.2) is 42.6 Å². The van der Waals surface area contributed by atoms with E-state index < -0.39 is 18.0 Å². The van der Waals surface area contributed by atoms with Crippen molar-refractivity contribution in [2.45, 2.75) is 25.3 Å². The minimum atomic E-state index is -4.61. The van der Waals surface area contributed by atoms with Crippen LogP contribution in [-0.4, -0.2) is 46.7 Å². The summed E-state index contributed by atoms with van der Waals surface area (Å²) < 4.78 is 49.9. The SMILES string of the molecule is O=C(COc1ccc(CO)cc1)N1CC[C@H](Oc2cccnc2C(F)(F)F)C1. The van der Waals surface area contributed by atoms with Gasteiger partial charge in [0.05, 0.1) is 13.2 Å². The second-order valence-corrected chi connectivity index (χ2v) is 6.31. The minimum absolute atomic E-state index is 0.0820. The predicted octanol–water partition coefficient (Wildman–Crippen LogP) is 2.65. The maximum absolute atomic E-state index is 13.0. The molecule has 0 unspecified atom stereocenters. The predicted molar refractivity (Wildman–Crippen MR) is 92.7 cm³/mol. The molecule has 1 aliphatic heterocycles. The van der Waals surface area contributed by atoms with Crippen molar-refractivity contribution < 1.29 is 32.5 Å². The first-order chi connectivity index (χ1) is 13.4. The van der Waals surface area contributed by atoms with Gasteiger partial charge < -0.3 is 19.5 Å². The molecular formula is C19H19F3N2O4. The number of benzene rings is 1. The van der Waals surface area contributed by atoms with Crippen LogP contribution >= 0.6 is 0 Å². The van der Waals surface area contributed by atoms with Gasteiger partial charge in [0.25, 0.3) is 5.91 Å². The maximum atomic E-state index is 13.0. The molecule has 0 saturated carbocycles. The zero-order chi connectivity index (χ0) is 20.1. The number of nitrogens with zero attached hydrogens (tertiary/aromatic N) is 2. The molecule has 1 atom stereocenters. The molecule has 1 aromatic heterocycles. The molecular weight excluding hydrogens is 377 g/mol. The summed E-state index contributed by atoms with van der Waals surface area (Å²) in [6.45, 7) is 0.281. The number of halogens is 3. The number of likely N-dealkylation sites (tertiary alicyclic amines) is 1. The molecule has 0 aliphatic carbocycles. The summed E-state index contributed by atoms with van der Waals surface area (Å²) in [5, 5.41) is 9.00. The van der Waals surface area contributed by atoms with Gasteiger partial charge in [-0.2, -0.15) is 13.2 Å². The van der Waals surface area contributed by atoms with Gasteiger partial charge in [0.15, 0.2) is 18.1 Å². The van der Waals surface area contributed by atoms with Crippen molar-refractivity contribution in [1.82, 2.24) is 9.88 Å². The molecule has 1 aromatic carbocycles. The fraction of sp³-hybridized carbons (Fsp3) is 0.368. The number of hydrogen-bond donors (Lipinski definition) is 1. The first-order valence-corrected chi connectivity index (χ1v) is 8.66. The quantitative estimate of drug-likeness (QED) is 0.813. The summed E-state index contributed by atoms with van der Waals surface area (Å²) in [6.07, 6.45) is -3.67. The van der Waals surface area contributed by atoms with E-state index in [1.807, 2.05) is 0 Å². The Balaban J connectivity index is 1.53. The number of amides is 1. The molecule has 1 N–H and O–H groups in total. The minimum Gasteiger partial charge on any atom is -0.486 e. The van der Waals surface area contributed by atoms with Crippen molar-refractivity contribution in [2.24, 2.45) is 0 Å². The van der Waals surface area contributed by atoms with Crippen LogP contribution in [0.25, 0.3) is 0 Å². The Bertz CT molecular complexity index is 812. The summed E-state index contributed by atoms with van der Waals surface area (Å²) in [4.78, 5) is 17.1. The lowest BCUT2D eigenvalue weighted by atomic mass is 10.2. The summed E-state index contributed by atoms with van der Waals surface area (Å²) in [6, 6.07) is 9.26. The van der Waals surface area contributed by atoms with Crippen LogP contribution in [0.5, 0.6) is 11.5 Å². The third-order valence-corrected chi connectivity index (χ3v) is 4.30. The van der Waals surface area contributed by atoms with Gasteiger partial charge in [-0.25, -0.2) is 4.98 Å². The molecule has 3 rings (SSSR count). The number of ether oxygens (including phenoxy) is 2. The molecule has 2 aromatic rings. The lowest BCUT2D eigenvalue weighted by Crippen LogP contribution is -2.34. The first-order valence-electron chi connectivity index (χ1n) is 8.66. The van der Waals surface area contributed by atoms with Crippen molar-refractivity contribution >= 4 is 5.91 Å². The van der Waals surface area contributed by atoms with Gasteiger partial charge in [0.2, 0.25) is 0 Å². The number of alkyl halides is 3. The van der Waals surface area contributed by atoms with Crippen LogP contribution in [0.1, 0.15) is 17.7 Å². The maximum Gasteiger partial charge on any atom is 0.437 e. The molecule has 2 heterocycles. The van der Waals surface area contributed by atoms with E-state index in [0.717, 1.165) is 11.8 Å². The number of pyridine rings is 1. The smallest absolute Gasteiger partial charge is 0.437 e. The monoisotopic (exact) mass is 396 g/mol. The molecule has 1 aliphatic rings. The molecule has 0 bridgehead atoms. The van der Waals surface area contributed by atoms with E-state index in [4.69, 9.17) is 14.6 Å². The van der Waals surface area contributed by atoms with Gasteiger partial charge in [0, 0.05) is 19.2 Å². The topological polar surface area (TPSA) is 71.9 Å². The molecule has 1 saturated heterocycles. The number of carbonyl (C=O) groups excluding carboxylic acids is 1. The van der Waals surface area contributed by atoms with Gasteiger partial charge in [0.1, 0.15) is 11.9 Å². The molecule has 1 fully saturated rings. The van der Waals surface area contributed by atoms with Crippen molar-refractivity contribution in [1.29, 1.82) is 0 Å². The van der Waals surface area contributed by atoms with Crippen LogP contribution in [0, 0.1) is 0 Å². The second-order valence-electron chi connectivity index (χ2n) is 6.31. The number of carbonyl (C=O) groups is 1. The highest BCUT2D eigenvalue weighted by Crippen LogP contribution is 2.35. The van der Waals surface area contributed by atoms with Crippen LogP contribution in [0.4, 0.5) is 13.2 Å². The summed E-state index contributed by atoms with van der Waals surface area (Å²) in [5.41, 5.74) is -0.346. The average molecular weight is 396 g/mol. The molecule has 0 spiro atoms. The lowest BCUT2D eigenvalue weighted by molar-refractivity contribution is -0.143. The second kappa shape index (κ2) is 8.47. The lowest BCUT2D eigenvalue weighted by Gasteiger charge is -2.19. The Hall–Kier alpha value is -2.81.